The Labute approximate surface area is 168 Å². The predicted molar refractivity (Wildman–Crippen MR) is 112 cm³/mol. The Bertz CT molecular complexity index is 805. The number of piperidine rings is 1. The Morgan fingerprint density at radius 2 is 1.75 bits per heavy atom. The van der Waals surface area contributed by atoms with Gasteiger partial charge < -0.3 is 4.90 Å². The van der Waals surface area contributed by atoms with E-state index in [2.05, 4.69) is 59.2 Å². The maximum atomic E-state index is 12.6. The number of hydrogen-bond donors (Lipinski definition) is 0. The number of carbonyl (C=O) groups is 1. The third kappa shape index (κ3) is 4.61. The molecule has 0 spiro atoms. The minimum Gasteiger partial charge on any atom is -0.342 e. The molecule has 148 valence electrons. The monoisotopic (exact) mass is 377 g/mol. The van der Waals surface area contributed by atoms with Gasteiger partial charge in [0.1, 0.15) is 0 Å². The standard InChI is InChI=1S/C24H31N3O/c1-19-7-2-3-8-21(19)17-22-9-6-10-23(25-22)20-11-15-27(16-12-20)24(28)18-26-13-4-5-14-26/h2-3,6-10,20H,4-5,11-18H2,1H3. The summed E-state index contributed by atoms with van der Waals surface area (Å²) in [5, 5.41) is 0. The lowest BCUT2D eigenvalue weighted by Crippen LogP contribution is -2.43. The normalized spacial score (nSPS) is 18.5. The number of hydrogen-bond acceptors (Lipinski definition) is 3. The summed E-state index contributed by atoms with van der Waals surface area (Å²) in [5.74, 6) is 0.772. The van der Waals surface area contributed by atoms with Gasteiger partial charge in [0.05, 0.1) is 6.54 Å². The van der Waals surface area contributed by atoms with Crippen LogP contribution in [0, 0.1) is 6.92 Å². The number of aromatic nitrogens is 1. The number of nitrogens with zero attached hydrogens (tertiary/aromatic N) is 3. The van der Waals surface area contributed by atoms with Crippen LogP contribution in [-0.2, 0) is 11.2 Å². The van der Waals surface area contributed by atoms with Gasteiger partial charge in [-0.1, -0.05) is 30.3 Å². The molecule has 2 saturated heterocycles. The van der Waals surface area contributed by atoms with Gasteiger partial charge in [-0.15, -0.1) is 0 Å². The Morgan fingerprint density at radius 3 is 2.50 bits per heavy atom. The average Bonchev–Trinajstić information content (AvgIpc) is 3.23. The fourth-order valence-corrected chi connectivity index (χ4v) is 4.48. The van der Waals surface area contributed by atoms with Crippen LogP contribution in [0.15, 0.2) is 42.5 Å². The summed E-state index contributed by atoms with van der Waals surface area (Å²) in [4.78, 5) is 21.9. The van der Waals surface area contributed by atoms with Gasteiger partial charge in [-0.3, -0.25) is 14.7 Å². The molecule has 2 aliphatic heterocycles. The van der Waals surface area contributed by atoms with E-state index in [-0.39, 0.29) is 0 Å². The lowest BCUT2D eigenvalue weighted by Gasteiger charge is -2.33. The highest BCUT2D eigenvalue weighted by Crippen LogP contribution is 2.27. The SMILES string of the molecule is Cc1ccccc1Cc1cccc(C2CCN(C(=O)CN3CCCC3)CC2)n1. The van der Waals surface area contributed by atoms with Gasteiger partial charge in [0.2, 0.25) is 5.91 Å². The van der Waals surface area contributed by atoms with E-state index in [1.807, 2.05) is 0 Å². The summed E-state index contributed by atoms with van der Waals surface area (Å²) >= 11 is 0. The van der Waals surface area contributed by atoms with Crippen LogP contribution in [0.25, 0.3) is 0 Å². The third-order valence-corrected chi connectivity index (χ3v) is 6.28. The van der Waals surface area contributed by atoms with E-state index in [0.717, 1.165) is 51.1 Å². The molecule has 1 amide bonds. The van der Waals surface area contributed by atoms with Crippen LogP contribution in [0.3, 0.4) is 0 Å². The molecule has 1 aromatic heterocycles. The molecule has 0 atom stereocenters. The highest BCUT2D eigenvalue weighted by molar-refractivity contribution is 5.78. The molecule has 1 aromatic carbocycles. The van der Waals surface area contributed by atoms with Crippen LogP contribution in [0.2, 0.25) is 0 Å². The Morgan fingerprint density at radius 1 is 1.00 bits per heavy atom. The van der Waals surface area contributed by atoms with Crippen molar-refractivity contribution in [3.63, 3.8) is 0 Å². The molecule has 0 radical (unpaired) electrons. The van der Waals surface area contributed by atoms with Crippen LogP contribution >= 0.6 is 0 Å². The minimum atomic E-state index is 0.307. The zero-order valence-corrected chi connectivity index (χ0v) is 16.9. The molecule has 2 aliphatic rings. The summed E-state index contributed by atoms with van der Waals surface area (Å²) < 4.78 is 0. The highest BCUT2D eigenvalue weighted by atomic mass is 16.2. The summed E-state index contributed by atoms with van der Waals surface area (Å²) in [6, 6.07) is 15.0. The second-order valence-electron chi connectivity index (χ2n) is 8.30. The number of likely N-dealkylation sites (tertiary alicyclic amines) is 2. The van der Waals surface area contributed by atoms with E-state index < -0.39 is 0 Å². The van der Waals surface area contributed by atoms with E-state index >= 15 is 0 Å². The van der Waals surface area contributed by atoms with Gasteiger partial charge in [-0.05, 0) is 69.0 Å². The quantitative estimate of drug-likeness (QED) is 0.796. The van der Waals surface area contributed by atoms with Crippen LogP contribution in [0.5, 0.6) is 0 Å². The van der Waals surface area contributed by atoms with Gasteiger partial charge in [0.25, 0.3) is 0 Å². The zero-order chi connectivity index (χ0) is 19.3. The fourth-order valence-electron chi connectivity index (χ4n) is 4.48. The smallest absolute Gasteiger partial charge is 0.236 e. The Hall–Kier alpha value is -2.20. The summed E-state index contributed by atoms with van der Waals surface area (Å²) in [6.45, 7) is 6.66. The summed E-state index contributed by atoms with van der Waals surface area (Å²) in [6.07, 6.45) is 5.40. The molecule has 28 heavy (non-hydrogen) atoms. The number of aryl methyl sites for hydroxylation is 1. The molecule has 4 rings (SSSR count). The molecular weight excluding hydrogens is 346 g/mol. The van der Waals surface area contributed by atoms with Crippen molar-refractivity contribution in [2.45, 2.75) is 44.9 Å². The van der Waals surface area contributed by atoms with Crippen LogP contribution < -0.4 is 0 Å². The first-order chi connectivity index (χ1) is 13.7. The van der Waals surface area contributed by atoms with Crippen molar-refractivity contribution in [2.24, 2.45) is 0 Å². The lowest BCUT2D eigenvalue weighted by atomic mass is 9.92. The zero-order valence-electron chi connectivity index (χ0n) is 16.9. The number of amides is 1. The lowest BCUT2D eigenvalue weighted by molar-refractivity contribution is -0.133. The van der Waals surface area contributed by atoms with Crippen molar-refractivity contribution >= 4 is 5.91 Å². The van der Waals surface area contributed by atoms with Crippen LogP contribution in [0.1, 0.15) is 54.1 Å². The first kappa shape index (κ1) is 19.1. The van der Waals surface area contributed by atoms with Gasteiger partial charge in [0, 0.05) is 36.8 Å². The van der Waals surface area contributed by atoms with Crippen molar-refractivity contribution < 1.29 is 4.79 Å². The maximum Gasteiger partial charge on any atom is 0.236 e. The maximum absolute atomic E-state index is 12.6. The molecule has 0 saturated carbocycles. The van der Waals surface area contributed by atoms with Crippen molar-refractivity contribution in [1.29, 1.82) is 0 Å². The first-order valence-corrected chi connectivity index (χ1v) is 10.7. The molecule has 0 unspecified atom stereocenters. The van der Waals surface area contributed by atoms with E-state index in [1.165, 1.54) is 29.7 Å². The van der Waals surface area contributed by atoms with Crippen molar-refractivity contribution in [3.05, 3.63) is 65.0 Å². The van der Waals surface area contributed by atoms with E-state index in [0.29, 0.717) is 18.4 Å². The van der Waals surface area contributed by atoms with Gasteiger partial charge in [0.15, 0.2) is 0 Å². The molecule has 0 N–H and O–H groups in total. The van der Waals surface area contributed by atoms with Crippen LogP contribution in [-0.4, -0.2) is 53.4 Å². The highest BCUT2D eigenvalue weighted by Gasteiger charge is 2.26. The van der Waals surface area contributed by atoms with Crippen molar-refractivity contribution in [3.8, 4) is 0 Å². The first-order valence-electron chi connectivity index (χ1n) is 10.7. The fraction of sp³-hybridized carbons (Fsp3) is 0.500. The van der Waals surface area contributed by atoms with E-state index in [4.69, 9.17) is 4.98 Å². The molecular formula is C24H31N3O. The molecule has 2 fully saturated rings. The Balaban J connectivity index is 1.34. The van der Waals surface area contributed by atoms with Crippen molar-refractivity contribution in [2.75, 3.05) is 32.7 Å². The minimum absolute atomic E-state index is 0.307. The number of rotatable bonds is 5. The number of pyridine rings is 1. The summed E-state index contributed by atoms with van der Waals surface area (Å²) in [7, 11) is 0. The second-order valence-corrected chi connectivity index (χ2v) is 8.30. The molecule has 2 aromatic rings. The molecule has 3 heterocycles. The van der Waals surface area contributed by atoms with Gasteiger partial charge in [-0.25, -0.2) is 0 Å². The van der Waals surface area contributed by atoms with Gasteiger partial charge in [-0.2, -0.15) is 0 Å². The molecule has 4 nitrogen and oxygen atoms in total. The Kier molecular flexibility index (Phi) is 6.06. The van der Waals surface area contributed by atoms with Crippen LogP contribution in [0.4, 0.5) is 0 Å². The molecule has 0 aliphatic carbocycles. The molecule has 0 bridgehead atoms. The number of carbonyl (C=O) groups excluding carboxylic acids is 1. The summed E-state index contributed by atoms with van der Waals surface area (Å²) in [5.41, 5.74) is 4.99. The molecule has 4 heteroatoms. The number of benzene rings is 1. The largest absolute Gasteiger partial charge is 0.342 e. The second kappa shape index (κ2) is 8.87. The third-order valence-electron chi connectivity index (χ3n) is 6.28. The van der Waals surface area contributed by atoms with E-state index in [9.17, 15) is 4.79 Å². The topological polar surface area (TPSA) is 36.4 Å². The average molecular weight is 378 g/mol. The van der Waals surface area contributed by atoms with Gasteiger partial charge >= 0.3 is 0 Å². The van der Waals surface area contributed by atoms with E-state index in [1.54, 1.807) is 0 Å². The van der Waals surface area contributed by atoms with Crippen molar-refractivity contribution in [1.82, 2.24) is 14.8 Å². The predicted octanol–water partition coefficient (Wildman–Crippen LogP) is 3.78.